The minimum absolute atomic E-state index is 0.229. The number of nitrogens with two attached hydrogens (primary N) is 1. The third-order valence-electron chi connectivity index (χ3n) is 3.58. The van der Waals surface area contributed by atoms with E-state index in [0.29, 0.717) is 12.8 Å². The van der Waals surface area contributed by atoms with Gasteiger partial charge in [0.15, 0.2) is 0 Å². The van der Waals surface area contributed by atoms with E-state index < -0.39 is 23.9 Å². The van der Waals surface area contributed by atoms with Gasteiger partial charge in [-0.15, -0.1) is 0 Å². The third-order valence-corrected chi connectivity index (χ3v) is 3.58. The second kappa shape index (κ2) is 4.97. The Bertz CT molecular complexity index is 531. The van der Waals surface area contributed by atoms with Crippen molar-refractivity contribution in [3.05, 3.63) is 29.3 Å². The van der Waals surface area contributed by atoms with Gasteiger partial charge in [-0.2, -0.15) is 13.2 Å². The zero-order chi connectivity index (χ0) is 15.1. The monoisotopic (exact) mass is 288 g/mol. The molecule has 2 rings (SSSR count). The minimum atomic E-state index is -4.47. The van der Waals surface area contributed by atoms with Crippen LogP contribution in [0, 0.1) is 0 Å². The van der Waals surface area contributed by atoms with E-state index in [1.54, 1.807) is 0 Å². The summed E-state index contributed by atoms with van der Waals surface area (Å²) in [5, 5.41) is 9.26. The van der Waals surface area contributed by atoms with Gasteiger partial charge in [0.25, 0.3) is 0 Å². The lowest BCUT2D eigenvalue weighted by atomic mass is 9.89. The molecule has 0 bridgehead atoms. The maximum Gasteiger partial charge on any atom is 0.416 e. The summed E-state index contributed by atoms with van der Waals surface area (Å²) in [4.78, 5) is 12.4. The summed E-state index contributed by atoms with van der Waals surface area (Å²) < 4.78 is 38.1. The fourth-order valence-electron chi connectivity index (χ4n) is 2.58. The Morgan fingerprint density at radius 2 is 2.15 bits per heavy atom. The van der Waals surface area contributed by atoms with Crippen LogP contribution < -0.4 is 10.6 Å². The van der Waals surface area contributed by atoms with Crippen LogP contribution in [0.15, 0.2) is 18.2 Å². The van der Waals surface area contributed by atoms with E-state index in [4.69, 9.17) is 5.73 Å². The third kappa shape index (κ3) is 2.45. The van der Waals surface area contributed by atoms with Gasteiger partial charge in [0, 0.05) is 12.1 Å². The van der Waals surface area contributed by atoms with E-state index in [1.165, 1.54) is 6.07 Å². The highest BCUT2D eigenvalue weighted by atomic mass is 19.4. The maximum atomic E-state index is 12.7. The van der Waals surface area contributed by atoms with Crippen LogP contribution in [0.5, 0.6) is 0 Å². The lowest BCUT2D eigenvalue weighted by Gasteiger charge is -2.38. The summed E-state index contributed by atoms with van der Waals surface area (Å²) in [5.74, 6) is 0. The van der Waals surface area contributed by atoms with Crippen molar-refractivity contribution in [3.63, 3.8) is 0 Å². The number of halogens is 3. The van der Waals surface area contributed by atoms with Gasteiger partial charge in [0.2, 0.25) is 0 Å². The second-order valence-corrected chi connectivity index (χ2v) is 4.83. The van der Waals surface area contributed by atoms with Crippen molar-refractivity contribution in [3.8, 4) is 0 Å². The SMILES string of the molecule is CC[C@H]1C[C@@H](N)c2cc(C(F)(F)F)ccc2N1C(=O)O. The normalized spacial score (nSPS) is 22.6. The summed E-state index contributed by atoms with van der Waals surface area (Å²) in [7, 11) is 0. The van der Waals surface area contributed by atoms with Gasteiger partial charge in [-0.05, 0) is 36.6 Å². The molecule has 0 fully saturated rings. The summed E-state index contributed by atoms with van der Waals surface area (Å²) in [5.41, 5.74) is 5.56. The summed E-state index contributed by atoms with van der Waals surface area (Å²) in [6.07, 6.45) is -4.77. The quantitative estimate of drug-likeness (QED) is 0.832. The van der Waals surface area contributed by atoms with E-state index >= 15 is 0 Å². The molecule has 0 radical (unpaired) electrons. The Kier molecular flexibility index (Phi) is 3.64. The molecule has 0 unspecified atom stereocenters. The number of hydrogen-bond acceptors (Lipinski definition) is 2. The molecular weight excluding hydrogens is 273 g/mol. The summed E-state index contributed by atoms with van der Waals surface area (Å²) in [6.45, 7) is 1.82. The van der Waals surface area contributed by atoms with Crippen LogP contribution in [0.1, 0.15) is 36.9 Å². The lowest BCUT2D eigenvalue weighted by molar-refractivity contribution is -0.137. The van der Waals surface area contributed by atoms with E-state index in [1.807, 2.05) is 6.92 Å². The highest BCUT2D eigenvalue weighted by Crippen LogP contribution is 2.40. The Labute approximate surface area is 114 Å². The molecule has 3 N–H and O–H groups in total. The van der Waals surface area contributed by atoms with E-state index in [2.05, 4.69) is 0 Å². The van der Waals surface area contributed by atoms with Crippen LogP contribution in [-0.2, 0) is 6.18 Å². The first-order valence-electron chi connectivity index (χ1n) is 6.24. The number of hydrogen-bond donors (Lipinski definition) is 2. The molecule has 1 heterocycles. The number of fused-ring (bicyclic) bond motifs is 1. The highest BCUT2D eigenvalue weighted by Gasteiger charge is 2.37. The fourth-order valence-corrected chi connectivity index (χ4v) is 2.58. The Balaban J connectivity index is 2.54. The van der Waals surface area contributed by atoms with Crippen molar-refractivity contribution in [2.45, 2.75) is 38.0 Å². The van der Waals surface area contributed by atoms with Gasteiger partial charge in [-0.3, -0.25) is 4.90 Å². The molecule has 20 heavy (non-hydrogen) atoms. The molecule has 1 amide bonds. The van der Waals surface area contributed by atoms with Crippen LogP contribution in [0.4, 0.5) is 23.7 Å². The van der Waals surface area contributed by atoms with Crippen molar-refractivity contribution in [2.75, 3.05) is 4.90 Å². The van der Waals surface area contributed by atoms with Gasteiger partial charge in [-0.1, -0.05) is 6.92 Å². The van der Waals surface area contributed by atoms with E-state index in [0.717, 1.165) is 17.0 Å². The molecule has 0 spiro atoms. The highest BCUT2D eigenvalue weighted by molar-refractivity contribution is 5.89. The van der Waals surface area contributed by atoms with Crippen molar-refractivity contribution in [2.24, 2.45) is 5.73 Å². The number of anilines is 1. The van der Waals surface area contributed by atoms with E-state index in [-0.39, 0.29) is 17.3 Å². The van der Waals surface area contributed by atoms with Gasteiger partial charge < -0.3 is 10.8 Å². The molecule has 0 aliphatic carbocycles. The summed E-state index contributed by atoms with van der Waals surface area (Å²) >= 11 is 0. The first-order valence-corrected chi connectivity index (χ1v) is 6.24. The summed E-state index contributed by atoms with van der Waals surface area (Å²) in [6, 6.07) is 2.12. The largest absolute Gasteiger partial charge is 0.465 e. The molecule has 7 heteroatoms. The smallest absolute Gasteiger partial charge is 0.416 e. The number of rotatable bonds is 1. The molecule has 2 atom stereocenters. The van der Waals surface area contributed by atoms with Crippen molar-refractivity contribution >= 4 is 11.8 Å². The van der Waals surface area contributed by atoms with Crippen LogP contribution >= 0.6 is 0 Å². The average Bonchev–Trinajstić information content (AvgIpc) is 2.36. The maximum absolute atomic E-state index is 12.7. The number of benzene rings is 1. The van der Waals surface area contributed by atoms with Gasteiger partial charge in [0.1, 0.15) is 0 Å². The minimum Gasteiger partial charge on any atom is -0.465 e. The molecule has 110 valence electrons. The number of alkyl halides is 3. The zero-order valence-electron chi connectivity index (χ0n) is 10.8. The molecule has 0 aromatic heterocycles. The van der Waals surface area contributed by atoms with E-state index in [9.17, 15) is 23.1 Å². The number of nitrogens with zero attached hydrogens (tertiary/aromatic N) is 1. The molecule has 1 aromatic carbocycles. The number of amides is 1. The van der Waals surface area contributed by atoms with Gasteiger partial charge >= 0.3 is 12.3 Å². The molecule has 1 aromatic rings. The Morgan fingerprint density at radius 1 is 1.50 bits per heavy atom. The second-order valence-electron chi connectivity index (χ2n) is 4.83. The lowest BCUT2D eigenvalue weighted by Crippen LogP contribution is -2.45. The molecule has 1 aliphatic heterocycles. The molecule has 0 saturated heterocycles. The standard InChI is InChI=1S/C13H15F3N2O2/c1-2-8-6-10(17)9-5-7(13(14,15)16)3-4-11(9)18(8)12(19)20/h3-5,8,10H,2,6,17H2,1H3,(H,19,20)/t8-,10+/m0/s1. The van der Waals surface area contributed by atoms with Crippen molar-refractivity contribution in [1.82, 2.24) is 0 Å². The number of carboxylic acid groups (broad SMARTS) is 1. The van der Waals surface area contributed by atoms with Crippen LogP contribution in [0.3, 0.4) is 0 Å². The first-order chi connectivity index (χ1) is 9.25. The van der Waals surface area contributed by atoms with Crippen LogP contribution in [0.2, 0.25) is 0 Å². The molecule has 4 nitrogen and oxygen atoms in total. The predicted molar refractivity (Wildman–Crippen MR) is 67.6 cm³/mol. The predicted octanol–water partition coefficient (Wildman–Crippen LogP) is 3.37. The topological polar surface area (TPSA) is 66.6 Å². The van der Waals surface area contributed by atoms with Gasteiger partial charge in [-0.25, -0.2) is 4.79 Å². The zero-order valence-corrected chi connectivity index (χ0v) is 10.8. The van der Waals surface area contributed by atoms with Crippen molar-refractivity contribution < 1.29 is 23.1 Å². The fraction of sp³-hybridized carbons (Fsp3) is 0.462. The van der Waals surface area contributed by atoms with Crippen molar-refractivity contribution in [1.29, 1.82) is 0 Å². The Morgan fingerprint density at radius 3 is 2.65 bits per heavy atom. The average molecular weight is 288 g/mol. The molecule has 1 aliphatic rings. The van der Waals surface area contributed by atoms with Crippen LogP contribution in [0.25, 0.3) is 0 Å². The van der Waals surface area contributed by atoms with Crippen LogP contribution in [-0.4, -0.2) is 17.2 Å². The van der Waals surface area contributed by atoms with Gasteiger partial charge in [0.05, 0.1) is 11.3 Å². The first kappa shape index (κ1) is 14.6. The molecular formula is C13H15F3N2O2. The Hall–Kier alpha value is -1.76. The molecule has 0 saturated carbocycles. The number of carbonyl (C=O) groups is 1.